The molecule has 3 rings (SSSR count). The summed E-state index contributed by atoms with van der Waals surface area (Å²) in [6.07, 6.45) is -0.267. The molecule has 2 aromatic carbocycles. The van der Waals surface area contributed by atoms with Crippen molar-refractivity contribution in [2.75, 3.05) is 31.6 Å². The lowest BCUT2D eigenvalue weighted by Gasteiger charge is -2.36. The number of ketones is 1. The predicted molar refractivity (Wildman–Crippen MR) is 105 cm³/mol. The highest BCUT2D eigenvalue weighted by Gasteiger charge is 2.29. The van der Waals surface area contributed by atoms with Gasteiger partial charge in [0.25, 0.3) is 0 Å². The van der Waals surface area contributed by atoms with Crippen LogP contribution in [0.3, 0.4) is 0 Å². The maximum atomic E-state index is 12.9. The van der Waals surface area contributed by atoms with Crippen LogP contribution < -0.4 is 9.64 Å². The fourth-order valence-electron chi connectivity index (χ4n) is 3.20. The molecule has 1 unspecified atom stereocenters. The second kappa shape index (κ2) is 7.70. The van der Waals surface area contributed by atoms with E-state index in [4.69, 9.17) is 4.74 Å². The van der Waals surface area contributed by atoms with Crippen LogP contribution in [0.25, 0.3) is 0 Å². The van der Waals surface area contributed by atoms with E-state index in [-0.39, 0.29) is 23.3 Å². The molecule has 6 nitrogen and oxygen atoms in total. The Morgan fingerprint density at radius 3 is 2.48 bits per heavy atom. The quantitative estimate of drug-likeness (QED) is 0.712. The van der Waals surface area contributed by atoms with Gasteiger partial charge in [-0.25, -0.2) is 8.42 Å². The first kappa shape index (κ1) is 19.4. The Morgan fingerprint density at radius 2 is 1.85 bits per heavy atom. The van der Waals surface area contributed by atoms with E-state index in [1.165, 1.54) is 35.5 Å². The number of carbonyl (C=O) groups excluding carboxylic acids is 1. The number of benzene rings is 2. The van der Waals surface area contributed by atoms with E-state index in [1.54, 1.807) is 7.05 Å². The van der Waals surface area contributed by atoms with Crippen LogP contribution in [0, 0.1) is 0 Å². The Kier molecular flexibility index (Phi) is 5.53. The average Bonchev–Trinajstić information content (AvgIpc) is 2.67. The Labute approximate surface area is 160 Å². The number of carbonyl (C=O) groups is 1. The summed E-state index contributed by atoms with van der Waals surface area (Å²) < 4.78 is 33.0. The van der Waals surface area contributed by atoms with Crippen LogP contribution in [0.1, 0.15) is 24.2 Å². The highest BCUT2D eigenvalue weighted by Crippen LogP contribution is 2.33. The summed E-state index contributed by atoms with van der Waals surface area (Å²) in [7, 11) is -2.11. The number of hydrogen-bond donors (Lipinski definition) is 0. The molecule has 0 saturated carbocycles. The van der Waals surface area contributed by atoms with Gasteiger partial charge in [-0.2, -0.15) is 4.31 Å². The lowest BCUT2D eigenvalue weighted by molar-refractivity contribution is 0.101. The number of likely N-dealkylation sites (N-methyl/N-ethyl adjacent to an activating group) is 2. The van der Waals surface area contributed by atoms with Gasteiger partial charge in [0.15, 0.2) is 5.78 Å². The number of hydrogen-bond acceptors (Lipinski definition) is 5. The van der Waals surface area contributed by atoms with E-state index in [9.17, 15) is 13.2 Å². The van der Waals surface area contributed by atoms with Gasteiger partial charge in [-0.1, -0.05) is 24.3 Å². The Hall–Kier alpha value is -2.38. The Morgan fingerprint density at radius 1 is 1.19 bits per heavy atom. The van der Waals surface area contributed by atoms with Crippen LogP contribution in [-0.4, -0.2) is 51.3 Å². The van der Waals surface area contributed by atoms with Crippen molar-refractivity contribution >= 4 is 21.5 Å². The maximum absolute atomic E-state index is 12.9. The van der Waals surface area contributed by atoms with Gasteiger partial charge in [0.1, 0.15) is 11.9 Å². The lowest BCUT2D eigenvalue weighted by Crippen LogP contribution is -2.46. The van der Waals surface area contributed by atoms with Crippen LogP contribution in [0.5, 0.6) is 5.75 Å². The molecule has 7 heteroatoms. The molecule has 0 aromatic heterocycles. The van der Waals surface area contributed by atoms with Crippen molar-refractivity contribution in [3.8, 4) is 5.75 Å². The van der Waals surface area contributed by atoms with Gasteiger partial charge in [-0.3, -0.25) is 4.79 Å². The number of sulfonamides is 1. The van der Waals surface area contributed by atoms with Gasteiger partial charge in [0.05, 0.1) is 23.7 Å². The standard InChI is InChI=1S/C20H24N2O4S/c1-4-22-14-17(26-20-8-6-5-7-19(20)22)13-21(3)27(24,25)18-11-9-16(10-12-18)15(2)23/h5-12,17H,4,13-14H2,1-3H3. The molecule has 27 heavy (non-hydrogen) atoms. The van der Waals surface area contributed by atoms with Crippen molar-refractivity contribution in [3.05, 3.63) is 54.1 Å². The topological polar surface area (TPSA) is 66.9 Å². The van der Waals surface area contributed by atoms with Crippen LogP contribution >= 0.6 is 0 Å². The largest absolute Gasteiger partial charge is 0.485 e. The number of Topliss-reactive ketones (excluding diaryl/α,β-unsaturated/α-hetero) is 1. The molecule has 1 atom stereocenters. The molecule has 1 aliphatic rings. The minimum Gasteiger partial charge on any atom is -0.485 e. The number of anilines is 1. The van der Waals surface area contributed by atoms with Crippen molar-refractivity contribution < 1.29 is 17.9 Å². The highest BCUT2D eigenvalue weighted by atomic mass is 32.2. The van der Waals surface area contributed by atoms with Gasteiger partial charge in [-0.15, -0.1) is 0 Å². The third kappa shape index (κ3) is 3.99. The minimum absolute atomic E-state index is 0.0961. The summed E-state index contributed by atoms with van der Waals surface area (Å²) >= 11 is 0. The third-order valence-corrected chi connectivity index (χ3v) is 6.57. The molecule has 0 N–H and O–H groups in total. The van der Waals surface area contributed by atoms with Crippen molar-refractivity contribution in [2.45, 2.75) is 24.8 Å². The van der Waals surface area contributed by atoms with Crippen LogP contribution in [0.15, 0.2) is 53.4 Å². The summed E-state index contributed by atoms with van der Waals surface area (Å²) in [5.74, 6) is 0.674. The molecule has 1 aliphatic heterocycles. The molecular formula is C20H24N2O4S. The summed E-state index contributed by atoms with van der Waals surface area (Å²) in [4.78, 5) is 13.7. The minimum atomic E-state index is -3.66. The summed E-state index contributed by atoms with van der Waals surface area (Å²) in [5, 5.41) is 0. The molecule has 0 fully saturated rings. The van der Waals surface area contributed by atoms with Crippen molar-refractivity contribution in [2.24, 2.45) is 0 Å². The molecule has 0 saturated heterocycles. The van der Waals surface area contributed by atoms with Gasteiger partial charge in [0, 0.05) is 19.2 Å². The van der Waals surface area contributed by atoms with Crippen molar-refractivity contribution in [3.63, 3.8) is 0 Å². The second-order valence-electron chi connectivity index (χ2n) is 6.61. The van der Waals surface area contributed by atoms with E-state index in [0.717, 1.165) is 18.0 Å². The Bertz CT molecular complexity index is 925. The van der Waals surface area contributed by atoms with E-state index in [0.29, 0.717) is 12.1 Å². The van der Waals surface area contributed by atoms with Gasteiger partial charge < -0.3 is 9.64 Å². The number of para-hydroxylation sites is 2. The average molecular weight is 388 g/mol. The smallest absolute Gasteiger partial charge is 0.242 e. The van der Waals surface area contributed by atoms with Gasteiger partial charge in [0.2, 0.25) is 10.0 Å². The first-order valence-corrected chi connectivity index (χ1v) is 10.3. The molecular weight excluding hydrogens is 364 g/mol. The van der Waals surface area contributed by atoms with Crippen LogP contribution in [-0.2, 0) is 10.0 Å². The summed E-state index contributed by atoms with van der Waals surface area (Å²) in [6, 6.07) is 13.8. The van der Waals surface area contributed by atoms with Crippen molar-refractivity contribution in [1.29, 1.82) is 0 Å². The molecule has 1 heterocycles. The summed E-state index contributed by atoms with van der Waals surface area (Å²) in [6.45, 7) is 5.20. The SMILES string of the molecule is CCN1CC(CN(C)S(=O)(=O)c2ccc(C(C)=O)cc2)Oc2ccccc21. The van der Waals surface area contributed by atoms with E-state index in [2.05, 4.69) is 11.8 Å². The fraction of sp³-hybridized carbons (Fsp3) is 0.350. The molecule has 0 radical (unpaired) electrons. The third-order valence-electron chi connectivity index (χ3n) is 4.74. The first-order chi connectivity index (χ1) is 12.8. The Balaban J connectivity index is 1.76. The zero-order valence-electron chi connectivity index (χ0n) is 15.8. The molecule has 0 spiro atoms. The number of fused-ring (bicyclic) bond motifs is 1. The van der Waals surface area contributed by atoms with E-state index >= 15 is 0 Å². The van der Waals surface area contributed by atoms with E-state index < -0.39 is 10.0 Å². The van der Waals surface area contributed by atoms with Gasteiger partial charge >= 0.3 is 0 Å². The lowest BCUT2D eigenvalue weighted by atomic mass is 10.2. The highest BCUT2D eigenvalue weighted by molar-refractivity contribution is 7.89. The normalized spacial score (nSPS) is 16.7. The molecule has 0 amide bonds. The van der Waals surface area contributed by atoms with Gasteiger partial charge in [-0.05, 0) is 38.1 Å². The molecule has 0 aliphatic carbocycles. The zero-order valence-corrected chi connectivity index (χ0v) is 16.6. The second-order valence-corrected chi connectivity index (χ2v) is 8.66. The van der Waals surface area contributed by atoms with Crippen LogP contribution in [0.2, 0.25) is 0 Å². The van der Waals surface area contributed by atoms with Crippen molar-refractivity contribution in [1.82, 2.24) is 4.31 Å². The zero-order chi connectivity index (χ0) is 19.6. The van der Waals surface area contributed by atoms with Crippen LogP contribution in [0.4, 0.5) is 5.69 Å². The maximum Gasteiger partial charge on any atom is 0.242 e. The molecule has 144 valence electrons. The predicted octanol–water partition coefficient (Wildman–Crippen LogP) is 2.80. The van der Waals surface area contributed by atoms with E-state index in [1.807, 2.05) is 24.3 Å². The monoisotopic (exact) mass is 388 g/mol. The number of nitrogens with zero attached hydrogens (tertiary/aromatic N) is 2. The summed E-state index contributed by atoms with van der Waals surface area (Å²) in [5.41, 5.74) is 1.52. The molecule has 2 aromatic rings. The number of rotatable bonds is 6. The fourth-order valence-corrected chi connectivity index (χ4v) is 4.40. The first-order valence-electron chi connectivity index (χ1n) is 8.91. The molecule has 0 bridgehead atoms. The number of ether oxygens (including phenoxy) is 1.